The lowest BCUT2D eigenvalue weighted by Gasteiger charge is -2.10. The van der Waals surface area contributed by atoms with Gasteiger partial charge in [-0.05, 0) is 24.3 Å². The molecule has 118 valence electrons. The van der Waals surface area contributed by atoms with E-state index in [4.69, 9.17) is 11.6 Å². The Kier molecular flexibility index (Phi) is 3.97. The van der Waals surface area contributed by atoms with Gasteiger partial charge in [0.05, 0.1) is 10.4 Å². The monoisotopic (exact) mass is 368 g/mol. The van der Waals surface area contributed by atoms with Gasteiger partial charge in [-0.25, -0.2) is 8.42 Å². The Labute approximate surface area is 139 Å². The van der Waals surface area contributed by atoms with E-state index in [0.29, 0.717) is 10.4 Å². The fourth-order valence-electron chi connectivity index (χ4n) is 2.00. The van der Waals surface area contributed by atoms with Crippen LogP contribution in [0.1, 0.15) is 0 Å². The Morgan fingerprint density at radius 3 is 2.48 bits per heavy atom. The van der Waals surface area contributed by atoms with Crippen LogP contribution in [0.3, 0.4) is 0 Å². The molecular formula is C14H9ClN2O4S2. The van der Waals surface area contributed by atoms with Gasteiger partial charge in [-0.2, -0.15) is 0 Å². The van der Waals surface area contributed by atoms with Crippen molar-refractivity contribution in [2.75, 3.05) is 4.72 Å². The Bertz CT molecular complexity index is 1110. The third-order valence-corrected chi connectivity index (χ3v) is 5.70. The molecule has 0 amide bonds. The molecular weight excluding hydrogens is 360 g/mol. The molecule has 23 heavy (non-hydrogen) atoms. The minimum atomic E-state index is -3.97. The second-order valence-corrected chi connectivity index (χ2v) is 7.67. The van der Waals surface area contributed by atoms with Gasteiger partial charge in [0.1, 0.15) is 4.90 Å². The quantitative estimate of drug-likeness (QED) is 0.742. The van der Waals surface area contributed by atoms with E-state index in [1.54, 1.807) is 30.3 Å². The second-order valence-electron chi connectivity index (χ2n) is 4.59. The highest BCUT2D eigenvalue weighted by Gasteiger charge is 2.20. The number of para-hydroxylation sites is 1. The molecule has 0 spiro atoms. The van der Waals surface area contributed by atoms with Crippen molar-refractivity contribution >= 4 is 48.7 Å². The van der Waals surface area contributed by atoms with Crippen molar-refractivity contribution in [3.05, 3.63) is 67.5 Å². The first-order chi connectivity index (χ1) is 10.9. The molecule has 2 aromatic carbocycles. The highest BCUT2D eigenvalue weighted by Crippen LogP contribution is 2.28. The minimum Gasteiger partial charge on any atom is -0.280 e. The summed E-state index contributed by atoms with van der Waals surface area (Å²) < 4.78 is 27.7. The Balaban J connectivity index is 2.17. The van der Waals surface area contributed by atoms with Crippen molar-refractivity contribution in [3.63, 3.8) is 0 Å². The van der Waals surface area contributed by atoms with Crippen molar-refractivity contribution in [2.45, 2.75) is 4.90 Å². The molecule has 0 atom stereocenters. The maximum atomic E-state index is 12.5. The van der Waals surface area contributed by atoms with Crippen LogP contribution < -0.4 is 15.2 Å². The zero-order chi connectivity index (χ0) is 16.6. The molecule has 0 aliphatic carbocycles. The first-order valence-corrected chi connectivity index (χ1v) is 8.99. The second kappa shape index (κ2) is 5.80. The van der Waals surface area contributed by atoms with E-state index in [9.17, 15) is 18.0 Å². The molecule has 3 aromatic rings. The molecule has 0 saturated carbocycles. The molecule has 0 bridgehead atoms. The third-order valence-electron chi connectivity index (χ3n) is 3.01. The lowest BCUT2D eigenvalue weighted by molar-refractivity contribution is 0.601. The number of hydrogen-bond donors (Lipinski definition) is 2. The van der Waals surface area contributed by atoms with Crippen molar-refractivity contribution in [3.8, 4) is 0 Å². The van der Waals surface area contributed by atoms with Gasteiger partial charge in [0.25, 0.3) is 15.6 Å². The zero-order valence-corrected chi connectivity index (χ0v) is 13.8. The third kappa shape index (κ3) is 3.14. The van der Waals surface area contributed by atoms with Crippen molar-refractivity contribution < 1.29 is 8.42 Å². The molecule has 9 heteroatoms. The van der Waals surface area contributed by atoms with Crippen LogP contribution in [0.4, 0.5) is 5.69 Å². The first kappa shape index (κ1) is 15.7. The van der Waals surface area contributed by atoms with Crippen LogP contribution in [-0.4, -0.2) is 13.4 Å². The van der Waals surface area contributed by atoms with Crippen LogP contribution in [-0.2, 0) is 10.0 Å². The van der Waals surface area contributed by atoms with Crippen molar-refractivity contribution in [1.29, 1.82) is 0 Å². The van der Waals surface area contributed by atoms with E-state index in [-0.39, 0.29) is 15.3 Å². The van der Waals surface area contributed by atoms with Gasteiger partial charge in [0.2, 0.25) is 0 Å². The summed E-state index contributed by atoms with van der Waals surface area (Å²) in [6.07, 6.45) is 0. The molecule has 0 saturated heterocycles. The molecule has 0 unspecified atom stereocenters. The molecule has 2 N–H and O–H groups in total. The number of nitrogens with one attached hydrogen (secondary N) is 2. The highest BCUT2D eigenvalue weighted by molar-refractivity contribution is 7.92. The van der Waals surface area contributed by atoms with Crippen LogP contribution in [0.15, 0.2) is 56.9 Å². The molecule has 3 rings (SSSR count). The van der Waals surface area contributed by atoms with E-state index in [1.807, 2.05) is 0 Å². The number of hydrogen-bond acceptors (Lipinski definition) is 5. The topological polar surface area (TPSA) is 96.1 Å². The number of sulfonamides is 1. The molecule has 0 aliphatic heterocycles. The summed E-state index contributed by atoms with van der Waals surface area (Å²) >= 11 is 6.81. The van der Waals surface area contributed by atoms with Gasteiger partial charge in [0.15, 0.2) is 0 Å². The van der Waals surface area contributed by atoms with Crippen LogP contribution in [0.2, 0.25) is 5.02 Å². The Morgan fingerprint density at radius 2 is 1.78 bits per heavy atom. The predicted octanol–water partition coefficient (Wildman–Crippen LogP) is 2.40. The van der Waals surface area contributed by atoms with Crippen LogP contribution >= 0.6 is 22.9 Å². The SMILES string of the molecule is O=c1[nH]c(=O)c2cc(S(=O)(=O)Nc3ccccc3)c(Cl)cc2s1. The van der Waals surface area contributed by atoms with Gasteiger partial charge in [-0.15, -0.1) is 0 Å². The van der Waals surface area contributed by atoms with E-state index in [0.717, 1.165) is 17.4 Å². The van der Waals surface area contributed by atoms with Gasteiger partial charge in [0, 0.05) is 10.4 Å². The molecule has 1 aromatic heterocycles. The Morgan fingerprint density at radius 1 is 1.09 bits per heavy atom. The molecule has 0 fully saturated rings. The predicted molar refractivity (Wildman–Crippen MR) is 91.0 cm³/mol. The average Bonchev–Trinajstić information content (AvgIpc) is 2.46. The van der Waals surface area contributed by atoms with Gasteiger partial charge >= 0.3 is 4.87 Å². The lowest BCUT2D eigenvalue weighted by Crippen LogP contribution is -2.18. The number of benzene rings is 2. The Hall–Kier alpha value is -2.16. The standard InChI is InChI=1S/C14H9ClN2O4S2/c15-10-7-11-9(13(18)16-14(19)22-11)6-12(10)23(20,21)17-8-4-2-1-3-5-8/h1-7,17H,(H,16,18,19). The summed E-state index contributed by atoms with van der Waals surface area (Å²) in [7, 11) is -3.97. The first-order valence-electron chi connectivity index (χ1n) is 6.31. The maximum absolute atomic E-state index is 12.5. The van der Waals surface area contributed by atoms with E-state index in [2.05, 4.69) is 9.71 Å². The number of rotatable bonds is 3. The highest BCUT2D eigenvalue weighted by atomic mass is 35.5. The smallest absolute Gasteiger partial charge is 0.280 e. The van der Waals surface area contributed by atoms with E-state index < -0.39 is 20.5 Å². The van der Waals surface area contributed by atoms with Gasteiger partial charge in [-0.1, -0.05) is 41.1 Å². The largest absolute Gasteiger partial charge is 0.307 e. The fraction of sp³-hybridized carbons (Fsp3) is 0. The van der Waals surface area contributed by atoms with Gasteiger partial charge < -0.3 is 0 Å². The fourth-order valence-corrected chi connectivity index (χ4v) is 4.46. The van der Waals surface area contributed by atoms with Crippen molar-refractivity contribution in [2.24, 2.45) is 0 Å². The summed E-state index contributed by atoms with van der Waals surface area (Å²) in [5.74, 6) is 0. The number of halogens is 1. The molecule has 0 radical (unpaired) electrons. The molecule has 0 aliphatic rings. The summed E-state index contributed by atoms with van der Waals surface area (Å²) in [5, 5.41) is 0.0228. The minimum absolute atomic E-state index is 0.0674. The molecule has 1 heterocycles. The van der Waals surface area contributed by atoms with E-state index >= 15 is 0 Å². The molecule has 6 nitrogen and oxygen atoms in total. The summed E-state index contributed by atoms with van der Waals surface area (Å²) in [4.78, 5) is 24.5. The summed E-state index contributed by atoms with van der Waals surface area (Å²) in [5.41, 5.74) is -0.285. The number of aromatic amines is 1. The normalized spacial score (nSPS) is 11.5. The van der Waals surface area contributed by atoms with Crippen LogP contribution in [0, 0.1) is 0 Å². The number of anilines is 1. The summed E-state index contributed by atoms with van der Waals surface area (Å²) in [6.45, 7) is 0. The maximum Gasteiger partial charge on any atom is 0.307 e. The number of aromatic nitrogens is 1. The lowest BCUT2D eigenvalue weighted by atomic mass is 10.3. The van der Waals surface area contributed by atoms with Crippen molar-refractivity contribution in [1.82, 2.24) is 4.98 Å². The van der Waals surface area contributed by atoms with E-state index in [1.165, 1.54) is 6.07 Å². The summed E-state index contributed by atoms with van der Waals surface area (Å²) in [6, 6.07) is 10.8. The van der Waals surface area contributed by atoms with Crippen LogP contribution in [0.25, 0.3) is 10.1 Å². The van der Waals surface area contributed by atoms with Crippen LogP contribution in [0.5, 0.6) is 0 Å². The average molecular weight is 369 g/mol. The van der Waals surface area contributed by atoms with Gasteiger partial charge in [-0.3, -0.25) is 19.3 Å². The zero-order valence-electron chi connectivity index (χ0n) is 11.4. The number of fused-ring (bicyclic) bond motifs is 1. The number of H-pyrrole nitrogens is 1.